The first-order valence-electron chi connectivity index (χ1n) is 5.18. The van der Waals surface area contributed by atoms with Gasteiger partial charge in [-0.3, -0.25) is 0 Å². The Morgan fingerprint density at radius 2 is 1.78 bits per heavy atom. The molecule has 0 aliphatic heterocycles. The third-order valence-corrected chi connectivity index (χ3v) is 3.54. The molecule has 0 aliphatic rings. The summed E-state index contributed by atoms with van der Waals surface area (Å²) in [6, 6.07) is 10.4. The smallest absolute Gasteiger partial charge is 0.140 e. The first kappa shape index (κ1) is 13.3. The van der Waals surface area contributed by atoms with Gasteiger partial charge < -0.3 is 10.5 Å². The highest BCUT2D eigenvalue weighted by Gasteiger charge is 2.07. The molecule has 0 radical (unpaired) electrons. The van der Waals surface area contributed by atoms with Gasteiger partial charge in [-0.1, -0.05) is 46.9 Å². The lowest BCUT2D eigenvalue weighted by Crippen LogP contribution is -1.98. The minimum atomic E-state index is 0.280. The predicted octanol–water partition coefficient (Wildman–Crippen LogP) is 4.81. The van der Waals surface area contributed by atoms with Crippen LogP contribution in [0.4, 0.5) is 5.69 Å². The summed E-state index contributed by atoms with van der Waals surface area (Å²) >= 11 is 18.0. The van der Waals surface area contributed by atoms with Crippen molar-refractivity contribution in [2.24, 2.45) is 0 Å². The molecule has 0 fully saturated rings. The van der Waals surface area contributed by atoms with Gasteiger partial charge in [0.15, 0.2) is 0 Å². The fourth-order valence-corrected chi connectivity index (χ4v) is 1.99. The molecule has 0 atom stereocenters. The maximum atomic E-state index is 6.06. The molecule has 0 amide bonds. The minimum absolute atomic E-state index is 0.280. The third-order valence-electron chi connectivity index (χ3n) is 2.37. The molecule has 94 valence electrons. The largest absolute Gasteiger partial charge is 0.487 e. The average molecular weight is 303 g/mol. The number of rotatable bonds is 3. The van der Waals surface area contributed by atoms with Crippen molar-refractivity contribution in [1.82, 2.24) is 0 Å². The molecule has 0 spiro atoms. The molecule has 0 unspecified atom stereocenters. The van der Waals surface area contributed by atoms with E-state index < -0.39 is 0 Å². The zero-order valence-electron chi connectivity index (χ0n) is 9.29. The molecule has 0 bridgehead atoms. The van der Waals surface area contributed by atoms with Gasteiger partial charge >= 0.3 is 0 Å². The molecule has 0 saturated carbocycles. The summed E-state index contributed by atoms with van der Waals surface area (Å²) in [5.41, 5.74) is 7.05. The zero-order valence-corrected chi connectivity index (χ0v) is 11.6. The fraction of sp³-hybridized carbons (Fsp3) is 0.0769. The molecule has 2 N–H and O–H groups in total. The van der Waals surface area contributed by atoms with E-state index in [1.165, 1.54) is 0 Å². The van der Waals surface area contributed by atoms with Crippen molar-refractivity contribution >= 4 is 40.5 Å². The van der Waals surface area contributed by atoms with E-state index in [2.05, 4.69) is 0 Å². The lowest BCUT2D eigenvalue weighted by molar-refractivity contribution is 0.306. The Morgan fingerprint density at radius 3 is 2.56 bits per heavy atom. The van der Waals surface area contributed by atoms with Crippen LogP contribution in [0.5, 0.6) is 5.75 Å². The van der Waals surface area contributed by atoms with Crippen molar-refractivity contribution in [3.05, 3.63) is 57.0 Å². The van der Waals surface area contributed by atoms with Crippen molar-refractivity contribution in [1.29, 1.82) is 0 Å². The van der Waals surface area contributed by atoms with Crippen LogP contribution in [-0.2, 0) is 6.61 Å². The van der Waals surface area contributed by atoms with Crippen LogP contribution in [-0.4, -0.2) is 0 Å². The molecular formula is C13H10Cl3NO. The van der Waals surface area contributed by atoms with Crippen molar-refractivity contribution in [2.75, 3.05) is 5.73 Å². The van der Waals surface area contributed by atoms with Gasteiger partial charge in [0.05, 0.1) is 15.1 Å². The molecule has 2 rings (SSSR count). The highest BCUT2D eigenvalue weighted by atomic mass is 35.5. The zero-order chi connectivity index (χ0) is 13.1. The molecule has 5 heteroatoms. The van der Waals surface area contributed by atoms with Crippen LogP contribution in [0.2, 0.25) is 15.1 Å². The van der Waals surface area contributed by atoms with Crippen LogP contribution in [0, 0.1) is 0 Å². The molecular weight excluding hydrogens is 293 g/mol. The van der Waals surface area contributed by atoms with Crippen LogP contribution >= 0.6 is 34.8 Å². The van der Waals surface area contributed by atoms with Gasteiger partial charge in [-0.15, -0.1) is 0 Å². The second kappa shape index (κ2) is 5.70. The highest BCUT2D eigenvalue weighted by Crippen LogP contribution is 2.30. The number of benzene rings is 2. The molecule has 18 heavy (non-hydrogen) atoms. The Hall–Kier alpha value is -1.09. The number of halogens is 3. The fourth-order valence-electron chi connectivity index (χ4n) is 1.45. The number of hydrogen-bond donors (Lipinski definition) is 1. The summed E-state index contributed by atoms with van der Waals surface area (Å²) in [4.78, 5) is 0. The summed E-state index contributed by atoms with van der Waals surface area (Å²) in [5, 5.41) is 1.48. The number of nitrogens with two attached hydrogens (primary N) is 1. The normalized spacial score (nSPS) is 10.4. The number of nitrogen functional groups attached to an aromatic ring is 1. The van der Waals surface area contributed by atoms with Gasteiger partial charge in [0, 0.05) is 17.3 Å². The summed E-state index contributed by atoms with van der Waals surface area (Å²) < 4.78 is 5.58. The standard InChI is InChI=1S/C13H10Cl3NO/c14-10-5-4-9(17)6-12(10)18-7-8-2-1-3-11(15)13(8)16/h1-6H,7,17H2. The van der Waals surface area contributed by atoms with Crippen LogP contribution in [0.3, 0.4) is 0 Å². The molecule has 2 nitrogen and oxygen atoms in total. The summed E-state index contributed by atoms with van der Waals surface area (Å²) in [6.45, 7) is 0.280. The number of anilines is 1. The monoisotopic (exact) mass is 301 g/mol. The van der Waals surface area contributed by atoms with Crippen LogP contribution in [0.25, 0.3) is 0 Å². The molecule has 2 aromatic rings. The minimum Gasteiger partial charge on any atom is -0.487 e. The first-order valence-corrected chi connectivity index (χ1v) is 6.32. The molecule has 0 aromatic heterocycles. The van der Waals surface area contributed by atoms with Gasteiger partial charge in [-0.2, -0.15) is 0 Å². The summed E-state index contributed by atoms with van der Waals surface area (Å²) in [6.07, 6.45) is 0. The maximum Gasteiger partial charge on any atom is 0.140 e. The molecule has 2 aromatic carbocycles. The Labute approximate surface area is 120 Å². The van der Waals surface area contributed by atoms with Crippen molar-refractivity contribution in [2.45, 2.75) is 6.61 Å². The number of hydrogen-bond acceptors (Lipinski definition) is 2. The van der Waals surface area contributed by atoms with Gasteiger partial charge in [-0.25, -0.2) is 0 Å². The summed E-state index contributed by atoms with van der Waals surface area (Å²) in [5.74, 6) is 0.521. The Kier molecular flexibility index (Phi) is 4.23. The lowest BCUT2D eigenvalue weighted by atomic mass is 10.2. The Bertz CT molecular complexity index is 570. The SMILES string of the molecule is Nc1ccc(Cl)c(OCc2cccc(Cl)c2Cl)c1. The quantitative estimate of drug-likeness (QED) is 0.826. The lowest BCUT2D eigenvalue weighted by Gasteiger charge is -2.10. The van der Waals surface area contributed by atoms with Crippen LogP contribution in [0.15, 0.2) is 36.4 Å². The van der Waals surface area contributed by atoms with Gasteiger partial charge in [0.2, 0.25) is 0 Å². The van der Waals surface area contributed by atoms with E-state index in [9.17, 15) is 0 Å². The van der Waals surface area contributed by atoms with Crippen molar-refractivity contribution in [3.63, 3.8) is 0 Å². The second-order valence-electron chi connectivity index (χ2n) is 3.69. The van der Waals surface area contributed by atoms with E-state index >= 15 is 0 Å². The van der Waals surface area contributed by atoms with E-state index in [0.717, 1.165) is 5.56 Å². The highest BCUT2D eigenvalue weighted by molar-refractivity contribution is 6.42. The molecule has 0 aliphatic carbocycles. The topological polar surface area (TPSA) is 35.2 Å². The number of ether oxygens (including phenoxy) is 1. The van der Waals surface area contributed by atoms with E-state index in [0.29, 0.717) is 26.5 Å². The van der Waals surface area contributed by atoms with Gasteiger partial charge in [0.25, 0.3) is 0 Å². The third kappa shape index (κ3) is 3.02. The Balaban J connectivity index is 2.16. The first-order chi connectivity index (χ1) is 8.58. The summed E-state index contributed by atoms with van der Waals surface area (Å²) in [7, 11) is 0. The molecule has 0 saturated heterocycles. The van der Waals surface area contributed by atoms with Gasteiger partial charge in [-0.05, 0) is 18.2 Å². The van der Waals surface area contributed by atoms with Crippen molar-refractivity contribution in [3.8, 4) is 5.75 Å². The average Bonchev–Trinajstić information content (AvgIpc) is 2.35. The van der Waals surface area contributed by atoms with Gasteiger partial charge in [0.1, 0.15) is 12.4 Å². The van der Waals surface area contributed by atoms with Crippen LogP contribution < -0.4 is 10.5 Å². The van der Waals surface area contributed by atoms with E-state index in [-0.39, 0.29) is 6.61 Å². The van der Waals surface area contributed by atoms with Crippen LogP contribution in [0.1, 0.15) is 5.56 Å². The molecule has 0 heterocycles. The predicted molar refractivity (Wildman–Crippen MR) is 76.7 cm³/mol. The maximum absolute atomic E-state index is 6.06. The van der Waals surface area contributed by atoms with Crippen molar-refractivity contribution < 1.29 is 4.74 Å². The van der Waals surface area contributed by atoms with E-state index in [1.54, 1.807) is 24.3 Å². The Morgan fingerprint density at radius 1 is 1.00 bits per heavy atom. The second-order valence-corrected chi connectivity index (χ2v) is 4.88. The van der Waals surface area contributed by atoms with E-state index in [1.807, 2.05) is 12.1 Å². The van der Waals surface area contributed by atoms with E-state index in [4.69, 9.17) is 45.3 Å².